The van der Waals surface area contributed by atoms with E-state index < -0.39 is 0 Å². The summed E-state index contributed by atoms with van der Waals surface area (Å²) in [6.07, 6.45) is 7.26. The smallest absolute Gasteiger partial charge is 0.272 e. The van der Waals surface area contributed by atoms with Crippen molar-refractivity contribution in [1.29, 1.82) is 0 Å². The maximum absolute atomic E-state index is 13.1. The third-order valence-corrected chi connectivity index (χ3v) is 5.88. The average molecular weight is 385 g/mol. The molecule has 2 aliphatic rings. The molecule has 6 nitrogen and oxygen atoms in total. The van der Waals surface area contributed by atoms with E-state index in [9.17, 15) is 9.59 Å². The molecule has 1 aliphatic heterocycles. The van der Waals surface area contributed by atoms with Crippen molar-refractivity contribution in [3.8, 4) is 5.69 Å². The molecule has 0 bridgehead atoms. The summed E-state index contributed by atoms with van der Waals surface area (Å²) in [6, 6.07) is 10.2. The van der Waals surface area contributed by atoms with Gasteiger partial charge in [0.1, 0.15) is 5.69 Å². The minimum Gasteiger partial charge on any atom is -0.353 e. The number of nitrogens with zero attached hydrogens (tertiary/aromatic N) is 3. The molecule has 2 heterocycles. The van der Waals surface area contributed by atoms with E-state index >= 15 is 0 Å². The fourth-order valence-corrected chi connectivity index (χ4v) is 4.05. The molecular weight excluding hydrogens is 360 g/mol. The van der Waals surface area contributed by atoms with Gasteiger partial charge in [-0.3, -0.25) is 14.2 Å². The molecule has 27 heavy (non-hydrogen) atoms. The lowest BCUT2D eigenvalue weighted by Crippen LogP contribution is -2.43. The van der Waals surface area contributed by atoms with Crippen molar-refractivity contribution in [2.75, 3.05) is 19.3 Å². The van der Waals surface area contributed by atoms with E-state index in [1.807, 2.05) is 46.1 Å². The van der Waals surface area contributed by atoms with E-state index in [0.717, 1.165) is 36.5 Å². The lowest BCUT2D eigenvalue weighted by Gasteiger charge is -2.31. The van der Waals surface area contributed by atoms with Gasteiger partial charge >= 0.3 is 0 Å². The van der Waals surface area contributed by atoms with Gasteiger partial charge < -0.3 is 10.2 Å². The second kappa shape index (κ2) is 7.76. The number of imidazole rings is 1. The molecule has 1 N–H and O–H groups in total. The fourth-order valence-electron chi connectivity index (χ4n) is 3.51. The quantitative estimate of drug-likeness (QED) is 0.805. The highest BCUT2D eigenvalue weighted by molar-refractivity contribution is 7.98. The van der Waals surface area contributed by atoms with Gasteiger partial charge in [-0.05, 0) is 44.1 Å². The summed E-state index contributed by atoms with van der Waals surface area (Å²) < 4.78 is 1.92. The van der Waals surface area contributed by atoms with Crippen molar-refractivity contribution >= 4 is 23.6 Å². The van der Waals surface area contributed by atoms with Crippen molar-refractivity contribution in [1.82, 2.24) is 19.8 Å². The van der Waals surface area contributed by atoms with Crippen LogP contribution in [0, 0.1) is 5.92 Å². The third-order valence-electron chi connectivity index (χ3n) is 5.22. The molecule has 0 spiro atoms. The number of nitrogens with one attached hydrogen (secondary N) is 1. The van der Waals surface area contributed by atoms with Gasteiger partial charge in [0.15, 0.2) is 5.16 Å². The highest BCUT2D eigenvalue weighted by atomic mass is 32.2. The molecule has 2 amide bonds. The van der Waals surface area contributed by atoms with Crippen LogP contribution in [0.4, 0.5) is 0 Å². The zero-order valence-corrected chi connectivity index (χ0v) is 16.2. The Bertz CT molecular complexity index is 824. The molecule has 0 unspecified atom stereocenters. The molecule has 7 heteroatoms. The topological polar surface area (TPSA) is 67.2 Å². The molecule has 2 fully saturated rings. The molecule has 0 atom stereocenters. The van der Waals surface area contributed by atoms with Gasteiger partial charge in [-0.2, -0.15) is 0 Å². The Hall–Kier alpha value is -2.28. The van der Waals surface area contributed by atoms with E-state index in [4.69, 9.17) is 0 Å². The molecule has 1 aromatic heterocycles. The molecule has 142 valence electrons. The summed E-state index contributed by atoms with van der Waals surface area (Å²) in [6.45, 7) is 1.21. The van der Waals surface area contributed by atoms with Gasteiger partial charge in [0.2, 0.25) is 5.91 Å². The number of amides is 2. The number of piperidine rings is 1. The molecule has 1 saturated carbocycles. The predicted octanol–water partition coefficient (Wildman–Crippen LogP) is 2.73. The molecular formula is C20H24N4O2S. The standard InChI is InChI=1S/C20H24N4O2S/c1-27-20-21-13-17(24(20)16-5-3-2-4-6-16)19(26)23-11-9-14(10-12-23)18(25)22-15-7-8-15/h2-6,13-15H,7-12H2,1H3,(H,22,25). The minimum atomic E-state index is -0.0206. The van der Waals surface area contributed by atoms with Crippen LogP contribution in [0.15, 0.2) is 41.7 Å². The number of carbonyl (C=O) groups is 2. The van der Waals surface area contributed by atoms with Crippen LogP contribution in [0.3, 0.4) is 0 Å². The van der Waals surface area contributed by atoms with Gasteiger partial charge in [-0.1, -0.05) is 30.0 Å². The number of benzene rings is 1. The fraction of sp³-hybridized carbons (Fsp3) is 0.450. The third kappa shape index (κ3) is 3.88. The van der Waals surface area contributed by atoms with Crippen LogP contribution >= 0.6 is 11.8 Å². The molecule has 4 rings (SSSR count). The maximum Gasteiger partial charge on any atom is 0.272 e. The number of hydrogen-bond acceptors (Lipinski definition) is 4. The Morgan fingerprint density at radius 1 is 1.11 bits per heavy atom. The summed E-state index contributed by atoms with van der Waals surface area (Å²) >= 11 is 1.52. The number of rotatable bonds is 5. The van der Waals surface area contributed by atoms with Crippen LogP contribution in [0.2, 0.25) is 0 Å². The zero-order valence-electron chi connectivity index (χ0n) is 15.4. The van der Waals surface area contributed by atoms with Crippen molar-refractivity contribution in [3.05, 3.63) is 42.2 Å². The van der Waals surface area contributed by atoms with Crippen LogP contribution < -0.4 is 5.32 Å². The molecule has 1 aromatic carbocycles. The monoisotopic (exact) mass is 384 g/mol. The van der Waals surface area contributed by atoms with Crippen molar-refractivity contribution < 1.29 is 9.59 Å². The Kier molecular flexibility index (Phi) is 5.20. The highest BCUT2D eigenvalue weighted by Gasteiger charge is 2.32. The number of hydrogen-bond donors (Lipinski definition) is 1. The summed E-state index contributed by atoms with van der Waals surface area (Å²) in [5.74, 6) is 0.159. The van der Waals surface area contributed by atoms with Gasteiger partial charge in [-0.25, -0.2) is 4.98 Å². The van der Waals surface area contributed by atoms with Gasteiger partial charge in [-0.15, -0.1) is 0 Å². The number of carbonyl (C=O) groups excluding carboxylic acids is 2. The minimum absolute atomic E-state index is 0.0206. The predicted molar refractivity (Wildman–Crippen MR) is 105 cm³/mol. The van der Waals surface area contributed by atoms with Gasteiger partial charge in [0, 0.05) is 30.7 Å². The first-order chi connectivity index (χ1) is 13.2. The normalized spacial score (nSPS) is 17.7. The van der Waals surface area contributed by atoms with Crippen molar-refractivity contribution in [2.24, 2.45) is 5.92 Å². The lowest BCUT2D eigenvalue weighted by molar-refractivity contribution is -0.126. The molecule has 0 radical (unpaired) electrons. The summed E-state index contributed by atoms with van der Waals surface area (Å²) in [5.41, 5.74) is 1.51. The zero-order chi connectivity index (χ0) is 18.8. The Labute approximate surface area is 163 Å². The molecule has 1 saturated heterocycles. The van der Waals surface area contributed by atoms with Crippen molar-refractivity contribution in [3.63, 3.8) is 0 Å². The van der Waals surface area contributed by atoms with Crippen LogP contribution in [-0.2, 0) is 4.79 Å². The maximum atomic E-state index is 13.1. The summed E-state index contributed by atoms with van der Waals surface area (Å²) in [5, 5.41) is 3.88. The van der Waals surface area contributed by atoms with E-state index in [1.54, 1.807) is 6.20 Å². The first-order valence-electron chi connectivity index (χ1n) is 9.44. The first-order valence-corrected chi connectivity index (χ1v) is 10.7. The second-order valence-corrected chi connectivity index (χ2v) is 7.92. The van der Waals surface area contributed by atoms with Crippen molar-refractivity contribution in [2.45, 2.75) is 36.9 Å². The van der Waals surface area contributed by atoms with Crippen LogP contribution in [0.5, 0.6) is 0 Å². The van der Waals surface area contributed by atoms with Gasteiger partial charge in [0.05, 0.1) is 6.20 Å². The highest BCUT2D eigenvalue weighted by Crippen LogP contribution is 2.26. The van der Waals surface area contributed by atoms with Gasteiger partial charge in [0.25, 0.3) is 5.91 Å². The molecule has 2 aromatic rings. The number of thioether (sulfide) groups is 1. The number of likely N-dealkylation sites (tertiary alicyclic amines) is 1. The van der Waals surface area contributed by atoms with Crippen LogP contribution in [0.25, 0.3) is 5.69 Å². The Morgan fingerprint density at radius 3 is 2.44 bits per heavy atom. The summed E-state index contributed by atoms with van der Waals surface area (Å²) in [7, 11) is 0. The van der Waals surface area contributed by atoms with Crippen LogP contribution in [0.1, 0.15) is 36.2 Å². The SMILES string of the molecule is CSc1ncc(C(=O)N2CCC(C(=O)NC3CC3)CC2)n1-c1ccccc1. The van der Waals surface area contributed by atoms with E-state index in [2.05, 4.69) is 10.3 Å². The van der Waals surface area contributed by atoms with E-state index in [1.165, 1.54) is 11.8 Å². The Balaban J connectivity index is 1.47. The second-order valence-electron chi connectivity index (χ2n) is 7.15. The summed E-state index contributed by atoms with van der Waals surface area (Å²) in [4.78, 5) is 31.7. The van der Waals surface area contributed by atoms with E-state index in [0.29, 0.717) is 24.8 Å². The molecule has 1 aliphatic carbocycles. The van der Waals surface area contributed by atoms with Crippen LogP contribution in [-0.4, -0.2) is 51.7 Å². The number of para-hydroxylation sites is 1. The first kappa shape index (κ1) is 18.1. The lowest BCUT2D eigenvalue weighted by atomic mass is 9.95. The Morgan fingerprint density at radius 2 is 1.81 bits per heavy atom. The average Bonchev–Trinajstić information content (AvgIpc) is 3.42. The van der Waals surface area contributed by atoms with E-state index in [-0.39, 0.29) is 17.7 Å². The number of aromatic nitrogens is 2. The largest absolute Gasteiger partial charge is 0.353 e.